The molecule has 0 atom stereocenters. The molecule has 1 rings (SSSR count). The lowest BCUT2D eigenvalue weighted by atomic mass is 10.9. The smallest absolute Gasteiger partial charge is 0.325 e. The van der Waals surface area contributed by atoms with Crippen molar-refractivity contribution in [3.8, 4) is 0 Å². The molecule has 0 amide bonds. The molecule has 0 saturated carbocycles. The first-order valence-corrected chi connectivity index (χ1v) is 5.09. The Kier molecular flexibility index (Phi) is 3.03. The Bertz CT molecular complexity index is 264. The van der Waals surface area contributed by atoms with E-state index in [1.807, 2.05) is 0 Å². The maximum absolute atomic E-state index is 11.5. The number of rotatable bonds is 4. The SMILES string of the molecule is COP(=O)(Cn1ccnc1)OC. The molecule has 0 unspecified atom stereocenters. The van der Waals surface area contributed by atoms with Crippen molar-refractivity contribution in [2.75, 3.05) is 14.2 Å². The molecule has 0 aliphatic heterocycles. The molecular formula is C6H11N2O3P. The van der Waals surface area contributed by atoms with Gasteiger partial charge in [0.2, 0.25) is 0 Å². The van der Waals surface area contributed by atoms with Gasteiger partial charge in [-0.3, -0.25) is 4.57 Å². The molecule has 0 aliphatic rings. The van der Waals surface area contributed by atoms with E-state index in [0.29, 0.717) is 0 Å². The topological polar surface area (TPSA) is 53.4 Å². The number of nitrogens with zero attached hydrogens (tertiary/aromatic N) is 2. The van der Waals surface area contributed by atoms with Crippen molar-refractivity contribution in [2.45, 2.75) is 6.29 Å². The van der Waals surface area contributed by atoms with Crippen LogP contribution in [0.5, 0.6) is 0 Å². The summed E-state index contributed by atoms with van der Waals surface area (Å²) in [5.41, 5.74) is 0. The van der Waals surface area contributed by atoms with Gasteiger partial charge in [0.25, 0.3) is 0 Å². The average molecular weight is 190 g/mol. The van der Waals surface area contributed by atoms with Crippen LogP contribution in [0.25, 0.3) is 0 Å². The first-order chi connectivity index (χ1) is 5.70. The summed E-state index contributed by atoms with van der Waals surface area (Å²) in [6, 6.07) is 0. The summed E-state index contributed by atoms with van der Waals surface area (Å²) in [5, 5.41) is 0. The molecule has 0 aromatic carbocycles. The van der Waals surface area contributed by atoms with Gasteiger partial charge in [0.05, 0.1) is 6.33 Å². The number of hydrogen-bond donors (Lipinski definition) is 0. The third kappa shape index (κ3) is 2.17. The zero-order chi connectivity index (χ0) is 9.03. The van der Waals surface area contributed by atoms with E-state index in [0.717, 1.165) is 0 Å². The largest absolute Gasteiger partial charge is 0.349 e. The number of aromatic nitrogens is 2. The summed E-state index contributed by atoms with van der Waals surface area (Å²) in [6.45, 7) is 0. The Morgan fingerprint density at radius 3 is 2.58 bits per heavy atom. The van der Waals surface area contributed by atoms with Gasteiger partial charge in [-0.05, 0) is 0 Å². The van der Waals surface area contributed by atoms with Crippen molar-refractivity contribution in [1.29, 1.82) is 0 Å². The van der Waals surface area contributed by atoms with Gasteiger partial charge < -0.3 is 13.6 Å². The van der Waals surface area contributed by atoms with Crippen molar-refractivity contribution in [3.63, 3.8) is 0 Å². The molecule has 0 bridgehead atoms. The summed E-state index contributed by atoms with van der Waals surface area (Å²) in [4.78, 5) is 3.81. The van der Waals surface area contributed by atoms with E-state index in [-0.39, 0.29) is 6.29 Å². The van der Waals surface area contributed by atoms with Crippen LogP contribution in [0.1, 0.15) is 0 Å². The van der Waals surface area contributed by atoms with Crippen molar-refractivity contribution in [1.82, 2.24) is 9.55 Å². The molecule has 0 saturated heterocycles. The quantitative estimate of drug-likeness (QED) is 0.672. The summed E-state index contributed by atoms with van der Waals surface area (Å²) in [5.74, 6) is 0. The Morgan fingerprint density at radius 2 is 2.17 bits per heavy atom. The van der Waals surface area contributed by atoms with Crippen LogP contribution in [0.15, 0.2) is 18.7 Å². The fraction of sp³-hybridized carbons (Fsp3) is 0.500. The molecule has 1 heterocycles. The van der Waals surface area contributed by atoms with Crippen LogP contribution < -0.4 is 0 Å². The highest BCUT2D eigenvalue weighted by molar-refractivity contribution is 7.52. The summed E-state index contributed by atoms with van der Waals surface area (Å²) >= 11 is 0. The van der Waals surface area contributed by atoms with Crippen LogP contribution in [-0.4, -0.2) is 23.8 Å². The van der Waals surface area contributed by atoms with E-state index >= 15 is 0 Å². The average Bonchev–Trinajstić information content (AvgIpc) is 2.57. The lowest BCUT2D eigenvalue weighted by Crippen LogP contribution is -1.99. The van der Waals surface area contributed by atoms with Crippen LogP contribution >= 0.6 is 7.60 Å². The van der Waals surface area contributed by atoms with Crippen molar-refractivity contribution >= 4 is 7.60 Å². The Hall–Kier alpha value is -0.640. The standard InChI is InChI=1S/C6H11N2O3P/c1-10-12(9,11-2)6-8-4-3-7-5-8/h3-5H,6H2,1-2H3. The molecule has 0 spiro atoms. The van der Waals surface area contributed by atoms with Crippen LogP contribution in [0.4, 0.5) is 0 Å². The maximum Gasteiger partial charge on any atom is 0.349 e. The zero-order valence-electron chi connectivity index (χ0n) is 7.01. The Labute approximate surface area is 70.9 Å². The second-order valence-electron chi connectivity index (χ2n) is 2.19. The molecule has 68 valence electrons. The number of hydrogen-bond acceptors (Lipinski definition) is 4. The first kappa shape index (κ1) is 9.45. The van der Waals surface area contributed by atoms with Gasteiger partial charge in [-0.2, -0.15) is 0 Å². The Balaban J connectivity index is 2.67. The second-order valence-corrected chi connectivity index (χ2v) is 4.43. The first-order valence-electron chi connectivity index (χ1n) is 3.36. The van der Waals surface area contributed by atoms with Crippen LogP contribution in [0.2, 0.25) is 0 Å². The fourth-order valence-corrected chi connectivity index (χ4v) is 1.71. The molecule has 0 radical (unpaired) electrons. The highest BCUT2D eigenvalue weighted by atomic mass is 31.2. The maximum atomic E-state index is 11.5. The van der Waals surface area contributed by atoms with Gasteiger partial charge in [-0.1, -0.05) is 0 Å². The zero-order valence-corrected chi connectivity index (χ0v) is 7.90. The van der Waals surface area contributed by atoms with Gasteiger partial charge in [-0.25, -0.2) is 4.98 Å². The molecule has 0 fully saturated rings. The third-order valence-electron chi connectivity index (χ3n) is 1.45. The molecule has 0 aliphatic carbocycles. The minimum absolute atomic E-state index is 0.194. The van der Waals surface area contributed by atoms with Crippen LogP contribution in [0, 0.1) is 0 Å². The monoisotopic (exact) mass is 190 g/mol. The predicted molar refractivity (Wildman–Crippen MR) is 43.9 cm³/mol. The van der Waals surface area contributed by atoms with E-state index in [9.17, 15) is 4.57 Å². The van der Waals surface area contributed by atoms with Gasteiger partial charge in [0.15, 0.2) is 0 Å². The molecule has 5 nitrogen and oxygen atoms in total. The van der Waals surface area contributed by atoms with Gasteiger partial charge >= 0.3 is 7.60 Å². The second kappa shape index (κ2) is 3.85. The predicted octanol–water partition coefficient (Wildman–Crippen LogP) is 1.33. The fourth-order valence-electron chi connectivity index (χ4n) is 0.760. The highest BCUT2D eigenvalue weighted by Gasteiger charge is 2.20. The summed E-state index contributed by atoms with van der Waals surface area (Å²) in [6.07, 6.45) is 5.06. The van der Waals surface area contributed by atoms with Gasteiger partial charge in [0.1, 0.15) is 6.29 Å². The minimum Gasteiger partial charge on any atom is -0.325 e. The van der Waals surface area contributed by atoms with E-state index in [2.05, 4.69) is 4.98 Å². The van der Waals surface area contributed by atoms with Gasteiger partial charge in [0, 0.05) is 26.6 Å². The van der Waals surface area contributed by atoms with E-state index < -0.39 is 7.60 Å². The van der Waals surface area contributed by atoms with Crippen molar-refractivity contribution in [2.24, 2.45) is 0 Å². The van der Waals surface area contributed by atoms with Crippen LogP contribution in [-0.2, 0) is 19.9 Å². The summed E-state index contributed by atoms with van der Waals surface area (Å²) < 4.78 is 22.7. The van der Waals surface area contributed by atoms with Crippen LogP contribution in [0.3, 0.4) is 0 Å². The minimum atomic E-state index is -2.95. The molecule has 1 aromatic heterocycles. The van der Waals surface area contributed by atoms with Gasteiger partial charge in [-0.15, -0.1) is 0 Å². The van der Waals surface area contributed by atoms with Crippen molar-refractivity contribution < 1.29 is 13.6 Å². The van der Waals surface area contributed by atoms with E-state index in [1.165, 1.54) is 14.2 Å². The molecule has 0 N–H and O–H groups in total. The van der Waals surface area contributed by atoms with Crippen molar-refractivity contribution in [3.05, 3.63) is 18.7 Å². The summed E-state index contributed by atoms with van der Waals surface area (Å²) in [7, 11) is -0.222. The lowest BCUT2D eigenvalue weighted by Gasteiger charge is -2.13. The highest BCUT2D eigenvalue weighted by Crippen LogP contribution is 2.47. The normalized spacial score (nSPS) is 11.8. The molecular weight excluding hydrogens is 179 g/mol. The molecule has 1 aromatic rings. The lowest BCUT2D eigenvalue weighted by molar-refractivity contribution is 0.268. The van der Waals surface area contributed by atoms with E-state index in [4.69, 9.17) is 9.05 Å². The molecule has 12 heavy (non-hydrogen) atoms. The number of imidazole rings is 1. The molecule has 6 heteroatoms. The Morgan fingerprint density at radius 1 is 1.50 bits per heavy atom. The third-order valence-corrected chi connectivity index (χ3v) is 3.24. The van der Waals surface area contributed by atoms with E-state index in [1.54, 1.807) is 23.3 Å².